The Bertz CT molecular complexity index is 696. The Kier molecular flexibility index (Phi) is 15.0. The number of allylic oxidation sites excluding steroid dienone is 2. The van der Waals surface area contributed by atoms with Crippen LogP contribution in [0.1, 0.15) is 122 Å². The van der Waals surface area contributed by atoms with Gasteiger partial charge in [-0.2, -0.15) is 0 Å². The Hall–Kier alpha value is -1.56. The van der Waals surface area contributed by atoms with Gasteiger partial charge in [-0.3, -0.25) is 0 Å². The Morgan fingerprint density at radius 3 is 1.65 bits per heavy atom. The zero-order chi connectivity index (χ0) is 21.8. The minimum atomic E-state index is 1.23. The highest BCUT2D eigenvalue weighted by Gasteiger charge is 1.97. The summed E-state index contributed by atoms with van der Waals surface area (Å²) in [5.41, 5.74) is 1.50. The van der Waals surface area contributed by atoms with Crippen molar-refractivity contribution in [2.24, 2.45) is 0 Å². The van der Waals surface area contributed by atoms with E-state index in [4.69, 9.17) is 0 Å². The molecule has 0 bridgehead atoms. The van der Waals surface area contributed by atoms with Gasteiger partial charge >= 0.3 is 0 Å². The van der Waals surface area contributed by atoms with Gasteiger partial charge in [0.25, 0.3) is 0 Å². The molecule has 0 radical (unpaired) electrons. The molecule has 0 aromatic heterocycles. The van der Waals surface area contributed by atoms with Crippen molar-refractivity contribution in [1.29, 1.82) is 0 Å². The van der Waals surface area contributed by atoms with E-state index in [0.29, 0.717) is 0 Å². The van der Waals surface area contributed by atoms with Crippen LogP contribution in [-0.2, 0) is 6.42 Å². The SMILES string of the molecule is CCCCCCCCCC/C=C/CCCCCCCCCc1ccc2ccccc2c1. The summed E-state index contributed by atoms with van der Waals surface area (Å²) in [5.74, 6) is 0. The molecule has 0 amide bonds. The first-order chi connectivity index (χ1) is 15.4. The second kappa shape index (κ2) is 18.1. The van der Waals surface area contributed by atoms with Crippen molar-refractivity contribution >= 4 is 10.8 Å². The lowest BCUT2D eigenvalue weighted by Crippen LogP contribution is -1.87. The quantitative estimate of drug-likeness (QED) is 0.156. The molecule has 0 spiro atoms. The maximum Gasteiger partial charge on any atom is -0.0181 e. The van der Waals surface area contributed by atoms with Crippen LogP contribution in [0.15, 0.2) is 54.6 Å². The zero-order valence-electron chi connectivity index (χ0n) is 20.4. The zero-order valence-corrected chi connectivity index (χ0v) is 20.4. The lowest BCUT2D eigenvalue weighted by atomic mass is 10.0. The monoisotopic (exact) mass is 420 g/mol. The van der Waals surface area contributed by atoms with E-state index in [2.05, 4.69) is 61.5 Å². The summed E-state index contributed by atoms with van der Waals surface area (Å²) in [6.45, 7) is 2.29. The first-order valence-electron chi connectivity index (χ1n) is 13.5. The number of hydrogen-bond acceptors (Lipinski definition) is 0. The highest BCUT2D eigenvalue weighted by Crippen LogP contribution is 2.18. The van der Waals surface area contributed by atoms with Gasteiger partial charge in [0.05, 0.1) is 0 Å². The Morgan fingerprint density at radius 2 is 1.03 bits per heavy atom. The number of hydrogen-bond donors (Lipinski definition) is 0. The van der Waals surface area contributed by atoms with Crippen LogP contribution in [0.5, 0.6) is 0 Å². The second-order valence-corrected chi connectivity index (χ2v) is 9.43. The fourth-order valence-corrected chi connectivity index (χ4v) is 4.50. The van der Waals surface area contributed by atoms with Crippen LogP contribution in [0.3, 0.4) is 0 Å². The van der Waals surface area contributed by atoms with Crippen LogP contribution in [0.2, 0.25) is 0 Å². The molecule has 0 saturated heterocycles. The number of fused-ring (bicyclic) bond motifs is 1. The summed E-state index contributed by atoms with van der Waals surface area (Å²) in [4.78, 5) is 0. The van der Waals surface area contributed by atoms with Crippen molar-refractivity contribution in [3.05, 3.63) is 60.2 Å². The van der Waals surface area contributed by atoms with E-state index < -0.39 is 0 Å². The summed E-state index contributed by atoms with van der Waals surface area (Å²) in [7, 11) is 0. The smallest absolute Gasteiger partial charge is 0.0181 e. The van der Waals surface area contributed by atoms with Gasteiger partial charge in [0.15, 0.2) is 0 Å². The molecule has 0 unspecified atom stereocenters. The summed E-state index contributed by atoms with van der Waals surface area (Å²) in [6, 6.07) is 15.6. The van der Waals surface area contributed by atoms with Crippen LogP contribution >= 0.6 is 0 Å². The Labute approximate surface area is 193 Å². The van der Waals surface area contributed by atoms with E-state index in [9.17, 15) is 0 Å². The van der Waals surface area contributed by atoms with Crippen molar-refractivity contribution in [2.45, 2.75) is 122 Å². The lowest BCUT2D eigenvalue weighted by molar-refractivity contribution is 0.576. The van der Waals surface area contributed by atoms with Gasteiger partial charge in [0.2, 0.25) is 0 Å². The fraction of sp³-hybridized carbons (Fsp3) is 0.613. The van der Waals surface area contributed by atoms with Gasteiger partial charge in [-0.1, -0.05) is 139 Å². The standard InChI is InChI=1S/C31H48/c1-2-3-4-5-6-7-8-9-10-11-12-13-14-15-16-17-18-19-20-23-29-26-27-30-24-21-22-25-31(30)28-29/h11-12,21-22,24-28H,2-10,13-20,23H2,1H3/b12-11+. The van der Waals surface area contributed by atoms with Gasteiger partial charge in [0.1, 0.15) is 0 Å². The molecule has 0 aliphatic rings. The van der Waals surface area contributed by atoms with Crippen LogP contribution in [-0.4, -0.2) is 0 Å². The van der Waals surface area contributed by atoms with E-state index >= 15 is 0 Å². The van der Waals surface area contributed by atoms with E-state index in [1.54, 1.807) is 0 Å². The molecule has 172 valence electrons. The van der Waals surface area contributed by atoms with Crippen molar-refractivity contribution in [3.8, 4) is 0 Å². The maximum absolute atomic E-state index is 2.44. The molecule has 31 heavy (non-hydrogen) atoms. The third-order valence-corrected chi connectivity index (χ3v) is 6.54. The Morgan fingerprint density at radius 1 is 0.516 bits per heavy atom. The number of unbranched alkanes of at least 4 members (excludes halogenated alkanes) is 15. The van der Waals surface area contributed by atoms with E-state index in [1.165, 1.54) is 132 Å². The van der Waals surface area contributed by atoms with Crippen molar-refractivity contribution in [1.82, 2.24) is 0 Å². The molecule has 0 heterocycles. The van der Waals surface area contributed by atoms with Crippen molar-refractivity contribution in [3.63, 3.8) is 0 Å². The average molecular weight is 421 g/mol. The molecule has 0 N–H and O–H groups in total. The number of rotatable bonds is 19. The minimum absolute atomic E-state index is 1.23. The maximum atomic E-state index is 2.44. The predicted octanol–water partition coefficient (Wildman–Crippen LogP) is 10.6. The third kappa shape index (κ3) is 12.8. The first-order valence-corrected chi connectivity index (χ1v) is 13.5. The average Bonchev–Trinajstić information content (AvgIpc) is 2.80. The number of aryl methyl sites for hydroxylation is 1. The van der Waals surface area contributed by atoms with E-state index in [-0.39, 0.29) is 0 Å². The highest BCUT2D eigenvalue weighted by atomic mass is 14.0. The fourth-order valence-electron chi connectivity index (χ4n) is 4.50. The molecule has 0 saturated carbocycles. The third-order valence-electron chi connectivity index (χ3n) is 6.54. The molecule has 0 aliphatic heterocycles. The molecule has 2 aromatic rings. The first kappa shape index (κ1) is 25.7. The van der Waals surface area contributed by atoms with E-state index in [1.807, 2.05) is 0 Å². The molecular weight excluding hydrogens is 372 g/mol. The lowest BCUT2D eigenvalue weighted by Gasteiger charge is -2.04. The van der Waals surface area contributed by atoms with Crippen LogP contribution < -0.4 is 0 Å². The molecule has 0 fully saturated rings. The van der Waals surface area contributed by atoms with Crippen molar-refractivity contribution < 1.29 is 0 Å². The van der Waals surface area contributed by atoms with Crippen LogP contribution in [0, 0.1) is 0 Å². The molecule has 0 heteroatoms. The van der Waals surface area contributed by atoms with E-state index in [0.717, 1.165) is 0 Å². The van der Waals surface area contributed by atoms with Gasteiger partial charge in [-0.15, -0.1) is 0 Å². The second-order valence-electron chi connectivity index (χ2n) is 9.43. The Balaban J connectivity index is 1.33. The van der Waals surface area contributed by atoms with Gasteiger partial charge in [-0.05, 0) is 54.9 Å². The summed E-state index contributed by atoms with van der Waals surface area (Å²) in [6.07, 6.45) is 29.8. The molecule has 2 aromatic carbocycles. The normalized spacial score (nSPS) is 11.6. The summed E-state index contributed by atoms with van der Waals surface area (Å²) in [5, 5.41) is 2.74. The minimum Gasteiger partial charge on any atom is -0.0885 e. The summed E-state index contributed by atoms with van der Waals surface area (Å²) < 4.78 is 0. The topological polar surface area (TPSA) is 0 Å². The largest absolute Gasteiger partial charge is 0.0885 e. The molecule has 2 rings (SSSR count). The molecular formula is C31H48. The molecule has 0 atom stereocenters. The van der Waals surface area contributed by atoms with Gasteiger partial charge in [0, 0.05) is 0 Å². The molecule has 0 nitrogen and oxygen atoms in total. The highest BCUT2D eigenvalue weighted by molar-refractivity contribution is 5.82. The van der Waals surface area contributed by atoms with Crippen molar-refractivity contribution in [2.75, 3.05) is 0 Å². The van der Waals surface area contributed by atoms with Gasteiger partial charge < -0.3 is 0 Å². The molecule has 0 aliphatic carbocycles. The van der Waals surface area contributed by atoms with Gasteiger partial charge in [-0.25, -0.2) is 0 Å². The predicted molar refractivity (Wildman–Crippen MR) is 141 cm³/mol. The van der Waals surface area contributed by atoms with Crippen LogP contribution in [0.25, 0.3) is 10.8 Å². The summed E-state index contributed by atoms with van der Waals surface area (Å²) >= 11 is 0. The van der Waals surface area contributed by atoms with Crippen LogP contribution in [0.4, 0.5) is 0 Å². The number of benzene rings is 2.